The Morgan fingerprint density at radius 2 is 0.772 bits per heavy atom. The zero-order valence-electron chi connectivity index (χ0n) is 59.4. The maximum Gasteiger partial charge on any atom is 0.326 e. The van der Waals surface area contributed by atoms with E-state index in [4.69, 9.17) is 45.9 Å². The van der Waals surface area contributed by atoms with Crippen molar-refractivity contribution in [2.75, 3.05) is 114 Å². The highest BCUT2D eigenvalue weighted by Crippen LogP contribution is 2.18. The maximum atomic E-state index is 13.8. The second-order valence-corrected chi connectivity index (χ2v) is 24.4. The van der Waals surface area contributed by atoms with Gasteiger partial charge in [-0.05, 0) is 89.9 Å². The third kappa shape index (κ3) is 37.3. The molecule has 12 amide bonds. The Balaban J connectivity index is 3.24. The van der Waals surface area contributed by atoms with Crippen LogP contribution in [0.4, 0.5) is 0 Å². The number of nitrogens with one attached hydrogen (secondary N) is 11. The Morgan fingerprint density at radius 3 is 1.13 bits per heavy atom. The van der Waals surface area contributed by atoms with Crippen molar-refractivity contribution in [3.63, 3.8) is 0 Å². The summed E-state index contributed by atoms with van der Waals surface area (Å²) in [5.74, 6) is -10.9. The summed E-state index contributed by atoms with van der Waals surface area (Å²) in [6.07, 6.45) is 1.23. The normalized spacial score (nSPS) is 15.0. The first kappa shape index (κ1) is 88.4. The van der Waals surface area contributed by atoms with Crippen molar-refractivity contribution >= 4 is 107 Å². The SMILES string of the molecule is CC(C)[C@H](N)C(=O)N[C@@H](C)C(=O)NCC(=O)N[C@@H](CCCN=C(N)N(C)C)C(=O)NCC(=O)N[C@@H](CCCN=C(N)N(C)C)C(=O)NCC(=O)N[C@@H](CCCN=C(N)N(C)C)C(=O)NCC(=O)NCC(=O)N1CCC[C@H]1C(=O)N[C@@H](CCCN=C(N)N)C(=O)N[C@@H](CCCN=C(N)N)C(=O)O. The number of nitrogens with zero attached hydrogens (tertiary/aromatic N) is 9. The fourth-order valence-corrected chi connectivity index (χ4v) is 9.05. The second kappa shape index (κ2) is 47.4. The van der Waals surface area contributed by atoms with Gasteiger partial charge in [-0.3, -0.25) is 82.5 Å². The van der Waals surface area contributed by atoms with Gasteiger partial charge in [-0.1, -0.05) is 13.8 Å². The number of guanidine groups is 5. The predicted molar refractivity (Wildman–Crippen MR) is 376 cm³/mol. The molecule has 8 atom stereocenters. The van der Waals surface area contributed by atoms with Crippen LogP contribution >= 0.6 is 0 Å². The second-order valence-electron chi connectivity index (χ2n) is 24.4. The van der Waals surface area contributed by atoms with Gasteiger partial charge in [0.1, 0.15) is 42.3 Å². The number of amides is 12. The Morgan fingerprint density at radius 1 is 0.426 bits per heavy atom. The number of aliphatic carboxylic acids is 1. The third-order valence-electron chi connectivity index (χ3n) is 15.0. The average molecular weight is 1440 g/mol. The first-order valence-electron chi connectivity index (χ1n) is 32.9. The summed E-state index contributed by atoms with van der Waals surface area (Å²) >= 11 is 0. The molecule has 42 heteroatoms. The molecule has 1 aliphatic heterocycles. The molecule has 570 valence electrons. The number of carbonyl (C=O) groups excluding carboxylic acids is 12. The van der Waals surface area contributed by atoms with Crippen molar-refractivity contribution in [3.05, 3.63) is 0 Å². The highest BCUT2D eigenvalue weighted by Gasteiger charge is 2.37. The molecule has 0 aromatic heterocycles. The molecule has 0 bridgehead atoms. The topological polar surface area (TPSA) is 657 Å². The van der Waals surface area contributed by atoms with Crippen LogP contribution in [0.5, 0.6) is 0 Å². The highest BCUT2D eigenvalue weighted by atomic mass is 16.4. The van der Waals surface area contributed by atoms with Gasteiger partial charge < -0.3 is 129 Å². The highest BCUT2D eigenvalue weighted by molar-refractivity contribution is 5.98. The molecule has 1 rings (SSSR count). The van der Waals surface area contributed by atoms with E-state index in [9.17, 15) is 67.4 Å². The minimum absolute atomic E-state index is 0.0150. The molecule has 1 saturated heterocycles. The number of rotatable bonds is 45. The summed E-state index contributed by atoms with van der Waals surface area (Å²) in [4.78, 5) is 199. The van der Waals surface area contributed by atoms with E-state index >= 15 is 0 Å². The van der Waals surface area contributed by atoms with Crippen LogP contribution in [0.2, 0.25) is 0 Å². The van der Waals surface area contributed by atoms with Gasteiger partial charge in [0.2, 0.25) is 70.9 Å². The number of carboxylic acid groups (broad SMARTS) is 1. The summed E-state index contributed by atoms with van der Waals surface area (Å²) in [7, 11) is 9.99. The van der Waals surface area contributed by atoms with Crippen molar-refractivity contribution in [1.82, 2.24) is 78.1 Å². The van der Waals surface area contributed by atoms with Gasteiger partial charge >= 0.3 is 5.97 Å². The number of hydrogen-bond acceptors (Lipinski definition) is 19. The average Bonchev–Trinajstić information content (AvgIpc) is 1.74. The third-order valence-corrected chi connectivity index (χ3v) is 15.0. The number of nitrogens with two attached hydrogens (primary N) is 8. The van der Waals surface area contributed by atoms with E-state index in [0.29, 0.717) is 6.42 Å². The van der Waals surface area contributed by atoms with Gasteiger partial charge in [-0.25, -0.2) is 4.79 Å². The number of likely N-dealkylation sites (tertiary alicyclic amines) is 1. The van der Waals surface area contributed by atoms with Gasteiger partial charge in [-0.15, -0.1) is 0 Å². The molecular formula is C59H110N28O14. The first-order chi connectivity index (χ1) is 47.4. The first-order valence-corrected chi connectivity index (χ1v) is 32.9. The summed E-state index contributed by atoms with van der Waals surface area (Å²) in [5.41, 5.74) is 45.2. The molecule has 101 heavy (non-hydrogen) atoms. The molecule has 0 aromatic rings. The summed E-state index contributed by atoms with van der Waals surface area (Å²) < 4.78 is 0. The maximum absolute atomic E-state index is 13.8. The molecule has 1 aliphatic rings. The Bertz CT molecular complexity index is 2930. The van der Waals surface area contributed by atoms with Gasteiger partial charge in [0, 0.05) is 81.6 Å². The summed E-state index contributed by atoms with van der Waals surface area (Å²) in [6.45, 7) is 2.05. The molecule has 0 aromatic carbocycles. The van der Waals surface area contributed by atoms with E-state index in [-0.39, 0.29) is 146 Å². The Hall–Kier alpha value is -10.6. The molecule has 0 unspecified atom stereocenters. The fourth-order valence-electron chi connectivity index (χ4n) is 9.05. The number of hydrogen-bond donors (Lipinski definition) is 20. The van der Waals surface area contributed by atoms with Crippen LogP contribution in [0.3, 0.4) is 0 Å². The quantitative estimate of drug-likeness (QED) is 0.0153. The van der Waals surface area contributed by atoms with E-state index in [1.165, 1.54) is 11.8 Å². The zero-order valence-corrected chi connectivity index (χ0v) is 59.4. The van der Waals surface area contributed by atoms with Crippen molar-refractivity contribution in [2.45, 2.75) is 146 Å². The largest absolute Gasteiger partial charge is 0.480 e. The van der Waals surface area contributed by atoms with E-state index in [0.717, 1.165) is 0 Å². The van der Waals surface area contributed by atoms with Crippen LogP contribution in [0.15, 0.2) is 25.0 Å². The molecule has 1 fully saturated rings. The van der Waals surface area contributed by atoms with Crippen molar-refractivity contribution in [3.8, 4) is 0 Å². The van der Waals surface area contributed by atoms with Gasteiger partial charge in [0.15, 0.2) is 29.8 Å². The molecule has 28 N–H and O–H groups in total. The Labute approximate surface area is 587 Å². The standard InChI is InChI=1S/C59H110N28O14/c1-33(2)46(60)53(99)78-34(3)47(93)74-29-42(89)79-36(17-12-25-71-58(66)85(6)7)49(95)76-31-44(91)81-37(18-13-26-72-59(67)86(8)9)50(96)77-30-43(90)80-35(16-11-24-70-57(65)84(4)5)48(94)75-28-41(88)73-32-45(92)87-27-15-21-40(87)52(98)82-38(19-10-22-68-55(61)62)51(97)83-39(54(100)101)20-14-23-69-56(63)64/h33-40,46H,10-32,60H2,1-9H3,(H2,65,70)(H2,66,71)(H2,67,72)(H,73,88)(H,74,93)(H,75,94)(H,76,95)(H,77,96)(H,78,99)(H,79,89)(H,80,90)(H,81,91)(H,82,98)(H,83,97)(H,100,101)(H4,61,62,68)(H4,63,64,69)/t34-,35-,36-,37-,38-,39-,40-,46-/m0/s1. The van der Waals surface area contributed by atoms with E-state index in [2.05, 4.69) is 83.4 Å². The fraction of sp³-hybridized carbons (Fsp3) is 0.695. The van der Waals surface area contributed by atoms with Crippen LogP contribution in [0.1, 0.15) is 97.8 Å². The molecular weight excluding hydrogens is 1320 g/mol. The molecule has 0 saturated carbocycles. The van der Waals surface area contributed by atoms with Crippen LogP contribution in [-0.2, 0) is 62.3 Å². The van der Waals surface area contributed by atoms with E-state index in [1.807, 2.05) is 0 Å². The minimum atomic E-state index is -1.37. The number of carbonyl (C=O) groups is 13. The lowest BCUT2D eigenvalue weighted by molar-refractivity contribution is -0.143. The lowest BCUT2D eigenvalue weighted by Crippen LogP contribution is -2.56. The lowest BCUT2D eigenvalue weighted by atomic mass is 10.0. The van der Waals surface area contributed by atoms with Crippen LogP contribution in [-0.4, -0.2) is 294 Å². The minimum Gasteiger partial charge on any atom is -0.480 e. The van der Waals surface area contributed by atoms with Crippen molar-refractivity contribution in [2.24, 2.45) is 76.7 Å². The van der Waals surface area contributed by atoms with Gasteiger partial charge in [0.25, 0.3) is 0 Å². The molecule has 0 spiro atoms. The Kier molecular flexibility index (Phi) is 41.5. The number of carboxylic acids is 1. The van der Waals surface area contributed by atoms with Crippen molar-refractivity contribution < 1.29 is 67.4 Å². The van der Waals surface area contributed by atoms with Crippen LogP contribution in [0.25, 0.3) is 0 Å². The summed E-state index contributed by atoms with van der Waals surface area (Å²) in [6, 6.07) is -9.69. The van der Waals surface area contributed by atoms with Crippen molar-refractivity contribution in [1.29, 1.82) is 0 Å². The molecule has 1 heterocycles. The van der Waals surface area contributed by atoms with Crippen LogP contribution in [0, 0.1) is 5.92 Å². The lowest BCUT2D eigenvalue weighted by Gasteiger charge is -2.27. The monoisotopic (exact) mass is 1430 g/mol. The van der Waals surface area contributed by atoms with E-state index in [1.54, 1.807) is 70.8 Å². The van der Waals surface area contributed by atoms with Gasteiger partial charge in [-0.2, -0.15) is 0 Å². The molecule has 0 aliphatic carbocycles. The van der Waals surface area contributed by atoms with Gasteiger partial charge in [0.05, 0.1) is 38.8 Å². The zero-order chi connectivity index (χ0) is 76.5. The predicted octanol–water partition coefficient (Wildman–Crippen LogP) is -10.4. The molecule has 42 nitrogen and oxygen atoms in total. The van der Waals surface area contributed by atoms with E-state index < -0.39 is 158 Å². The molecule has 0 radical (unpaired) electrons. The summed E-state index contributed by atoms with van der Waals surface area (Å²) in [5, 5.41) is 37.0. The van der Waals surface area contributed by atoms with Crippen LogP contribution < -0.4 is 104 Å². The number of aliphatic imine (C=N–C) groups is 5. The smallest absolute Gasteiger partial charge is 0.326 e.